The first-order valence-electron chi connectivity index (χ1n) is 11.7. The first kappa shape index (κ1) is 30.8. The van der Waals surface area contributed by atoms with E-state index in [0.717, 1.165) is 11.8 Å². The van der Waals surface area contributed by atoms with Gasteiger partial charge in [-0.2, -0.15) is 0 Å². The van der Waals surface area contributed by atoms with E-state index in [-0.39, 0.29) is 45.3 Å². The van der Waals surface area contributed by atoms with Crippen LogP contribution in [0, 0.1) is 25.2 Å². The largest absolute Gasteiger partial charge is 0.465 e. The standard InChI is InChI=1S/C26H36ClN3O5S2/c1-17-7-8-19(11-18(17)2)12-20(16-35-24(31)26(3,4)5)14-29(25(28)36)15-21-9-10-22(13-23(21)27)30(32)37(6,33)34/h7-11,13,20,32H,12,14-16H2,1-6H3,(H2,28,36). The van der Waals surface area contributed by atoms with Crippen molar-refractivity contribution in [1.29, 1.82) is 0 Å². The van der Waals surface area contributed by atoms with Crippen LogP contribution in [0.4, 0.5) is 5.69 Å². The molecule has 2 rings (SSSR count). The molecule has 0 aliphatic carbocycles. The molecule has 0 heterocycles. The predicted octanol–water partition coefficient (Wildman–Crippen LogP) is 4.61. The predicted molar refractivity (Wildman–Crippen MR) is 151 cm³/mol. The molecule has 0 aromatic heterocycles. The average Bonchev–Trinajstić information content (AvgIpc) is 2.78. The van der Waals surface area contributed by atoms with Gasteiger partial charge in [-0.3, -0.25) is 10.0 Å². The Kier molecular flexibility index (Phi) is 10.4. The van der Waals surface area contributed by atoms with Crippen molar-refractivity contribution in [2.24, 2.45) is 17.1 Å². The quantitative estimate of drug-likeness (QED) is 0.242. The van der Waals surface area contributed by atoms with Crippen LogP contribution >= 0.6 is 23.8 Å². The third-order valence-electron chi connectivity index (χ3n) is 5.88. The summed E-state index contributed by atoms with van der Waals surface area (Å²) in [6, 6.07) is 10.7. The van der Waals surface area contributed by atoms with E-state index in [9.17, 15) is 18.4 Å². The number of ether oxygens (including phenoxy) is 1. The Hall–Kier alpha value is -2.40. The molecule has 0 radical (unpaired) electrons. The van der Waals surface area contributed by atoms with Crippen LogP contribution in [-0.2, 0) is 32.5 Å². The van der Waals surface area contributed by atoms with E-state index < -0.39 is 15.4 Å². The molecule has 0 saturated heterocycles. The highest BCUT2D eigenvalue weighted by atomic mass is 35.5. The van der Waals surface area contributed by atoms with Gasteiger partial charge in [0.25, 0.3) is 10.0 Å². The maximum atomic E-state index is 12.5. The molecule has 0 saturated carbocycles. The Labute approximate surface area is 230 Å². The van der Waals surface area contributed by atoms with E-state index in [1.165, 1.54) is 23.3 Å². The summed E-state index contributed by atoms with van der Waals surface area (Å²) < 4.78 is 29.1. The average molecular weight is 570 g/mol. The molecule has 37 heavy (non-hydrogen) atoms. The molecule has 0 spiro atoms. The van der Waals surface area contributed by atoms with Crippen LogP contribution in [-0.4, -0.2) is 49.0 Å². The van der Waals surface area contributed by atoms with Crippen LogP contribution in [0.15, 0.2) is 36.4 Å². The second kappa shape index (κ2) is 12.4. The van der Waals surface area contributed by atoms with Gasteiger partial charge in [-0.05, 0) is 87.6 Å². The van der Waals surface area contributed by atoms with Crippen molar-refractivity contribution in [3.8, 4) is 0 Å². The number of esters is 1. The molecule has 204 valence electrons. The lowest BCUT2D eigenvalue weighted by molar-refractivity contribution is -0.154. The van der Waals surface area contributed by atoms with Crippen LogP contribution in [0.1, 0.15) is 43.0 Å². The molecule has 8 nitrogen and oxygen atoms in total. The molecule has 1 atom stereocenters. The number of thiocarbonyl (C=S) groups is 1. The van der Waals surface area contributed by atoms with Crippen LogP contribution in [0.2, 0.25) is 5.02 Å². The minimum Gasteiger partial charge on any atom is -0.465 e. The van der Waals surface area contributed by atoms with Gasteiger partial charge in [0.15, 0.2) is 5.11 Å². The number of nitrogens with zero attached hydrogens (tertiary/aromatic N) is 2. The lowest BCUT2D eigenvalue weighted by Gasteiger charge is -2.29. The third kappa shape index (κ3) is 9.14. The summed E-state index contributed by atoms with van der Waals surface area (Å²) in [5.41, 5.74) is 9.55. The van der Waals surface area contributed by atoms with Crippen LogP contribution in [0.5, 0.6) is 0 Å². The van der Waals surface area contributed by atoms with Gasteiger partial charge in [-0.1, -0.05) is 35.9 Å². The van der Waals surface area contributed by atoms with Crippen molar-refractivity contribution < 1.29 is 23.2 Å². The number of carbonyl (C=O) groups is 1. The molecule has 2 aromatic rings. The van der Waals surface area contributed by atoms with Crippen molar-refractivity contribution in [2.75, 3.05) is 23.9 Å². The van der Waals surface area contributed by atoms with Crippen LogP contribution in [0.25, 0.3) is 0 Å². The van der Waals surface area contributed by atoms with Crippen molar-refractivity contribution in [1.82, 2.24) is 4.90 Å². The van der Waals surface area contributed by atoms with E-state index in [1.54, 1.807) is 31.7 Å². The lowest BCUT2D eigenvalue weighted by Crippen LogP contribution is -2.40. The number of sulfonamides is 1. The van der Waals surface area contributed by atoms with Gasteiger partial charge in [0, 0.05) is 24.0 Å². The summed E-state index contributed by atoms with van der Waals surface area (Å²) in [6.07, 6.45) is 1.52. The van der Waals surface area contributed by atoms with Gasteiger partial charge < -0.3 is 15.4 Å². The zero-order chi connectivity index (χ0) is 28.1. The number of hydrogen-bond donors (Lipinski definition) is 2. The first-order chi connectivity index (χ1) is 17.0. The summed E-state index contributed by atoms with van der Waals surface area (Å²) in [6.45, 7) is 10.3. The highest BCUT2D eigenvalue weighted by Gasteiger charge is 2.26. The number of rotatable bonds is 10. The minimum absolute atomic E-state index is 0.0137. The molecule has 0 aliphatic rings. The number of hydrogen-bond acceptors (Lipinski definition) is 6. The summed E-state index contributed by atoms with van der Waals surface area (Å²) in [4.78, 5) is 14.2. The van der Waals surface area contributed by atoms with Gasteiger partial charge >= 0.3 is 5.97 Å². The maximum Gasteiger partial charge on any atom is 0.311 e. The number of aryl methyl sites for hydroxylation is 2. The fourth-order valence-corrected chi connectivity index (χ4v) is 4.44. The molecule has 0 amide bonds. The Morgan fingerprint density at radius 3 is 2.32 bits per heavy atom. The second-order valence-corrected chi connectivity index (χ2v) is 13.0. The summed E-state index contributed by atoms with van der Waals surface area (Å²) in [5, 5.41) is 10.3. The fourth-order valence-electron chi connectivity index (χ4n) is 3.57. The molecular weight excluding hydrogens is 534 g/mol. The number of benzene rings is 2. The third-order valence-corrected chi connectivity index (χ3v) is 7.33. The number of nitrogens with two attached hydrogens (primary N) is 1. The zero-order valence-electron chi connectivity index (χ0n) is 22.1. The second-order valence-electron chi connectivity index (χ2n) is 10.3. The van der Waals surface area contributed by atoms with E-state index in [4.69, 9.17) is 34.3 Å². The van der Waals surface area contributed by atoms with Crippen LogP contribution in [0.3, 0.4) is 0 Å². The molecule has 1 unspecified atom stereocenters. The van der Waals surface area contributed by atoms with E-state index in [0.29, 0.717) is 18.5 Å². The molecule has 0 bridgehead atoms. The van der Waals surface area contributed by atoms with Gasteiger partial charge in [0.2, 0.25) is 0 Å². The summed E-state index contributed by atoms with van der Waals surface area (Å²) in [5.74, 6) is -0.413. The van der Waals surface area contributed by atoms with Crippen LogP contribution < -0.4 is 10.2 Å². The van der Waals surface area contributed by atoms with E-state index >= 15 is 0 Å². The fraction of sp³-hybridized carbons (Fsp3) is 0.462. The molecular formula is C26H36ClN3O5S2. The number of carbonyl (C=O) groups excluding carboxylic acids is 1. The van der Waals surface area contributed by atoms with Crippen molar-refractivity contribution >= 4 is 50.6 Å². The van der Waals surface area contributed by atoms with Crippen molar-refractivity contribution in [3.63, 3.8) is 0 Å². The Morgan fingerprint density at radius 2 is 1.81 bits per heavy atom. The molecule has 0 aliphatic heterocycles. The molecule has 0 fully saturated rings. The minimum atomic E-state index is -3.86. The van der Waals surface area contributed by atoms with Gasteiger partial charge in [-0.25, -0.2) is 8.42 Å². The van der Waals surface area contributed by atoms with E-state index in [1.807, 2.05) is 0 Å². The first-order valence-corrected chi connectivity index (χ1v) is 14.4. The Balaban J connectivity index is 2.28. The highest BCUT2D eigenvalue weighted by Crippen LogP contribution is 2.26. The lowest BCUT2D eigenvalue weighted by atomic mass is 9.95. The van der Waals surface area contributed by atoms with Gasteiger partial charge in [0.1, 0.15) is 0 Å². The van der Waals surface area contributed by atoms with E-state index in [2.05, 4.69) is 32.0 Å². The summed E-state index contributed by atoms with van der Waals surface area (Å²) >= 11 is 11.7. The molecule has 3 N–H and O–H groups in total. The Bertz CT molecular complexity index is 1250. The summed E-state index contributed by atoms with van der Waals surface area (Å²) in [7, 11) is -3.86. The topological polar surface area (TPSA) is 113 Å². The molecule has 11 heteroatoms. The Morgan fingerprint density at radius 1 is 1.16 bits per heavy atom. The molecule has 2 aromatic carbocycles. The number of halogens is 1. The SMILES string of the molecule is Cc1ccc(CC(COC(=O)C(C)(C)C)CN(Cc2ccc(N(O)S(C)(=O)=O)cc2Cl)C(N)=S)cc1C. The van der Waals surface area contributed by atoms with Gasteiger partial charge in [0.05, 0.1) is 24.0 Å². The smallest absolute Gasteiger partial charge is 0.311 e. The maximum absolute atomic E-state index is 12.5. The normalized spacial score (nSPS) is 12.6. The van der Waals surface area contributed by atoms with Gasteiger partial charge in [-0.15, -0.1) is 4.47 Å². The van der Waals surface area contributed by atoms with Crippen molar-refractivity contribution in [2.45, 2.75) is 47.6 Å². The van der Waals surface area contributed by atoms with Crippen molar-refractivity contribution in [3.05, 3.63) is 63.7 Å². The monoisotopic (exact) mass is 569 g/mol. The highest BCUT2D eigenvalue weighted by molar-refractivity contribution is 7.91. The number of anilines is 1. The zero-order valence-corrected chi connectivity index (χ0v) is 24.5.